The van der Waals surface area contributed by atoms with E-state index in [9.17, 15) is 13.6 Å². The van der Waals surface area contributed by atoms with E-state index in [4.69, 9.17) is 0 Å². The molecule has 0 aliphatic carbocycles. The number of benzene rings is 1. The van der Waals surface area contributed by atoms with Gasteiger partial charge in [-0.3, -0.25) is 4.79 Å². The smallest absolute Gasteiger partial charge is 0.387 e. The fourth-order valence-corrected chi connectivity index (χ4v) is 2.34. The van der Waals surface area contributed by atoms with Gasteiger partial charge in [0.15, 0.2) is 0 Å². The quantitative estimate of drug-likeness (QED) is 0.920. The van der Waals surface area contributed by atoms with Gasteiger partial charge in [-0.2, -0.15) is 8.78 Å². The Hall–Kier alpha value is -1.69. The van der Waals surface area contributed by atoms with Crippen LogP contribution in [0.1, 0.15) is 23.2 Å². The molecule has 1 heterocycles. The third kappa shape index (κ3) is 3.66. The van der Waals surface area contributed by atoms with Crippen LogP contribution in [0.4, 0.5) is 8.78 Å². The minimum Gasteiger partial charge on any atom is -0.435 e. The third-order valence-electron chi connectivity index (χ3n) is 3.45. The van der Waals surface area contributed by atoms with Gasteiger partial charge >= 0.3 is 6.61 Å². The monoisotopic (exact) mass is 284 g/mol. The number of hydrogen-bond donors (Lipinski definition) is 1. The fraction of sp³-hybridized carbons (Fsp3) is 0.500. The van der Waals surface area contributed by atoms with Crippen LogP contribution >= 0.6 is 0 Å². The number of likely N-dealkylation sites (N-methyl/N-ethyl adjacent to an activating group) is 1. The van der Waals surface area contributed by atoms with Crippen molar-refractivity contribution in [3.05, 3.63) is 29.8 Å². The van der Waals surface area contributed by atoms with Crippen LogP contribution in [0.5, 0.6) is 5.75 Å². The maximum Gasteiger partial charge on any atom is 0.387 e. The van der Waals surface area contributed by atoms with Crippen molar-refractivity contribution in [1.82, 2.24) is 10.2 Å². The summed E-state index contributed by atoms with van der Waals surface area (Å²) in [6.45, 7) is -1.16. The number of piperidine rings is 1. The normalized spacial score (nSPS) is 18.9. The number of alkyl halides is 2. The van der Waals surface area contributed by atoms with Crippen LogP contribution in [0.15, 0.2) is 24.3 Å². The van der Waals surface area contributed by atoms with E-state index in [0.29, 0.717) is 5.56 Å². The van der Waals surface area contributed by atoms with Gasteiger partial charge < -0.3 is 15.0 Å². The van der Waals surface area contributed by atoms with Gasteiger partial charge in [-0.15, -0.1) is 0 Å². The van der Waals surface area contributed by atoms with E-state index in [-0.39, 0.29) is 17.7 Å². The van der Waals surface area contributed by atoms with E-state index in [1.807, 2.05) is 0 Å². The standard InChI is InChI=1S/C14H18F2N2O2/c1-18(11-5-3-7-17-9-11)13(19)10-4-2-6-12(8-10)20-14(15)16/h2,4,6,8,11,14,17H,3,5,7,9H2,1H3/t11-/m1/s1. The van der Waals surface area contributed by atoms with Crippen LogP contribution in [0.2, 0.25) is 0 Å². The molecule has 4 nitrogen and oxygen atoms in total. The molecule has 0 bridgehead atoms. The zero-order valence-corrected chi connectivity index (χ0v) is 11.3. The molecular formula is C14H18F2N2O2. The number of ether oxygens (including phenoxy) is 1. The molecule has 1 aromatic carbocycles. The summed E-state index contributed by atoms with van der Waals surface area (Å²) in [5.41, 5.74) is 0.358. The van der Waals surface area contributed by atoms with Crippen molar-refractivity contribution in [3.8, 4) is 5.75 Å². The molecule has 1 fully saturated rings. The first-order valence-electron chi connectivity index (χ1n) is 6.60. The van der Waals surface area contributed by atoms with Gasteiger partial charge in [-0.05, 0) is 37.6 Å². The van der Waals surface area contributed by atoms with E-state index >= 15 is 0 Å². The topological polar surface area (TPSA) is 41.6 Å². The highest BCUT2D eigenvalue weighted by Crippen LogP contribution is 2.18. The molecule has 1 aromatic rings. The Labute approximate surface area is 116 Å². The molecule has 2 rings (SSSR count). The van der Waals surface area contributed by atoms with Crippen LogP contribution in [-0.4, -0.2) is 43.6 Å². The summed E-state index contributed by atoms with van der Waals surface area (Å²) >= 11 is 0. The van der Waals surface area contributed by atoms with Gasteiger partial charge in [0.2, 0.25) is 0 Å². The number of amides is 1. The first-order valence-corrected chi connectivity index (χ1v) is 6.60. The number of halogens is 2. The van der Waals surface area contributed by atoms with Gasteiger partial charge in [0.25, 0.3) is 5.91 Å². The fourth-order valence-electron chi connectivity index (χ4n) is 2.34. The van der Waals surface area contributed by atoms with Gasteiger partial charge in [-0.1, -0.05) is 6.07 Å². The first-order chi connectivity index (χ1) is 9.58. The molecular weight excluding hydrogens is 266 g/mol. The van der Waals surface area contributed by atoms with Crippen molar-refractivity contribution < 1.29 is 18.3 Å². The van der Waals surface area contributed by atoms with E-state index in [1.165, 1.54) is 18.2 Å². The summed E-state index contributed by atoms with van der Waals surface area (Å²) in [5, 5.41) is 3.24. The van der Waals surface area contributed by atoms with Crippen molar-refractivity contribution in [2.24, 2.45) is 0 Å². The molecule has 1 saturated heterocycles. The molecule has 1 N–H and O–H groups in total. The Bertz CT molecular complexity index is 462. The Morgan fingerprint density at radius 2 is 2.30 bits per heavy atom. The Balaban J connectivity index is 2.07. The molecule has 0 unspecified atom stereocenters. The Morgan fingerprint density at radius 3 is 2.95 bits per heavy atom. The van der Waals surface area contributed by atoms with E-state index in [0.717, 1.165) is 25.9 Å². The molecule has 110 valence electrons. The SMILES string of the molecule is CN(C(=O)c1cccc(OC(F)F)c1)[C@@H]1CCCNC1. The van der Waals surface area contributed by atoms with Gasteiger partial charge in [0.1, 0.15) is 5.75 Å². The number of nitrogens with one attached hydrogen (secondary N) is 1. The third-order valence-corrected chi connectivity index (χ3v) is 3.45. The first kappa shape index (κ1) is 14.7. The minimum atomic E-state index is -2.89. The number of hydrogen-bond acceptors (Lipinski definition) is 3. The number of carbonyl (C=O) groups is 1. The van der Waals surface area contributed by atoms with E-state index in [2.05, 4.69) is 10.1 Å². The van der Waals surface area contributed by atoms with Crippen molar-refractivity contribution in [2.75, 3.05) is 20.1 Å². The van der Waals surface area contributed by atoms with Crippen LogP contribution in [-0.2, 0) is 0 Å². The zero-order chi connectivity index (χ0) is 14.5. The largest absolute Gasteiger partial charge is 0.435 e. The second-order valence-corrected chi connectivity index (χ2v) is 4.82. The summed E-state index contributed by atoms with van der Waals surface area (Å²) in [6, 6.07) is 6.04. The predicted octanol–water partition coefficient (Wildman–Crippen LogP) is 2.11. The van der Waals surface area contributed by atoms with Gasteiger partial charge in [0, 0.05) is 25.2 Å². The second kappa shape index (κ2) is 6.65. The lowest BCUT2D eigenvalue weighted by Gasteiger charge is -2.31. The highest BCUT2D eigenvalue weighted by molar-refractivity contribution is 5.94. The highest BCUT2D eigenvalue weighted by atomic mass is 19.3. The van der Waals surface area contributed by atoms with Crippen molar-refractivity contribution in [3.63, 3.8) is 0 Å². The van der Waals surface area contributed by atoms with Crippen LogP contribution in [0.3, 0.4) is 0 Å². The average molecular weight is 284 g/mol. The molecule has 6 heteroatoms. The summed E-state index contributed by atoms with van der Waals surface area (Å²) in [7, 11) is 1.74. The summed E-state index contributed by atoms with van der Waals surface area (Å²) in [6.07, 6.45) is 1.97. The van der Waals surface area contributed by atoms with Crippen molar-refractivity contribution >= 4 is 5.91 Å². The molecule has 20 heavy (non-hydrogen) atoms. The second-order valence-electron chi connectivity index (χ2n) is 4.82. The van der Waals surface area contributed by atoms with Crippen molar-refractivity contribution in [2.45, 2.75) is 25.5 Å². The predicted molar refractivity (Wildman–Crippen MR) is 71.1 cm³/mol. The molecule has 0 saturated carbocycles. The molecule has 1 amide bonds. The lowest BCUT2D eigenvalue weighted by atomic mass is 10.1. The summed E-state index contributed by atoms with van der Waals surface area (Å²) in [5.74, 6) is -0.181. The number of rotatable bonds is 4. The molecule has 0 aromatic heterocycles. The van der Waals surface area contributed by atoms with Crippen LogP contribution in [0.25, 0.3) is 0 Å². The molecule has 1 atom stereocenters. The maximum atomic E-state index is 12.3. The van der Waals surface area contributed by atoms with E-state index in [1.54, 1.807) is 18.0 Å². The summed E-state index contributed by atoms with van der Waals surface area (Å²) in [4.78, 5) is 14.0. The van der Waals surface area contributed by atoms with Crippen LogP contribution in [0, 0.1) is 0 Å². The summed E-state index contributed by atoms with van der Waals surface area (Å²) < 4.78 is 28.7. The minimum absolute atomic E-state index is 0.000944. The maximum absolute atomic E-state index is 12.3. The molecule has 1 aliphatic rings. The number of nitrogens with zero attached hydrogens (tertiary/aromatic N) is 1. The lowest BCUT2D eigenvalue weighted by Crippen LogP contribution is -2.46. The van der Waals surface area contributed by atoms with E-state index < -0.39 is 6.61 Å². The zero-order valence-electron chi connectivity index (χ0n) is 11.3. The number of carbonyl (C=O) groups excluding carboxylic acids is 1. The molecule has 0 radical (unpaired) electrons. The van der Waals surface area contributed by atoms with Crippen molar-refractivity contribution in [1.29, 1.82) is 0 Å². The highest BCUT2D eigenvalue weighted by Gasteiger charge is 2.23. The van der Waals surface area contributed by atoms with Gasteiger partial charge in [-0.25, -0.2) is 0 Å². The van der Waals surface area contributed by atoms with Crippen LogP contribution < -0.4 is 10.1 Å². The lowest BCUT2D eigenvalue weighted by molar-refractivity contribution is -0.0499. The molecule has 1 aliphatic heterocycles. The van der Waals surface area contributed by atoms with Gasteiger partial charge in [0.05, 0.1) is 0 Å². The average Bonchev–Trinajstić information content (AvgIpc) is 2.46. The Kier molecular flexibility index (Phi) is 4.89. The Morgan fingerprint density at radius 1 is 1.50 bits per heavy atom. The molecule has 0 spiro atoms.